The number of benzene rings is 2. The van der Waals surface area contributed by atoms with Crippen LogP contribution in [0, 0.1) is 18.3 Å². The second-order valence-corrected chi connectivity index (χ2v) is 5.80. The van der Waals surface area contributed by atoms with E-state index < -0.39 is 5.91 Å². The van der Waals surface area contributed by atoms with Crippen LogP contribution in [0.1, 0.15) is 11.3 Å². The van der Waals surface area contributed by atoms with Crippen LogP contribution in [0.2, 0.25) is 5.02 Å². The minimum Gasteiger partial charge on any atom is -0.321 e. The molecule has 0 bridgehead atoms. The van der Waals surface area contributed by atoms with Gasteiger partial charge in [-0.25, -0.2) is 4.98 Å². The van der Waals surface area contributed by atoms with Crippen molar-refractivity contribution in [1.29, 1.82) is 5.26 Å². The van der Waals surface area contributed by atoms with Gasteiger partial charge >= 0.3 is 0 Å². The van der Waals surface area contributed by atoms with Crippen LogP contribution in [-0.2, 0) is 4.79 Å². The molecule has 1 heterocycles. The van der Waals surface area contributed by atoms with E-state index in [1.165, 1.54) is 12.3 Å². The minimum atomic E-state index is -0.525. The van der Waals surface area contributed by atoms with Gasteiger partial charge in [0.1, 0.15) is 11.6 Å². The van der Waals surface area contributed by atoms with E-state index in [1.54, 1.807) is 18.2 Å². The number of aryl methyl sites for hydroxylation is 1. The highest BCUT2D eigenvalue weighted by Crippen LogP contribution is 2.21. The lowest BCUT2D eigenvalue weighted by Gasteiger charge is -2.08. The summed E-state index contributed by atoms with van der Waals surface area (Å²) in [6.07, 6.45) is 2.94. The maximum Gasteiger partial charge on any atom is 0.266 e. The molecule has 122 valence electrons. The summed E-state index contributed by atoms with van der Waals surface area (Å²) in [5.41, 5.74) is 3.22. The van der Waals surface area contributed by atoms with Crippen LogP contribution in [0.3, 0.4) is 0 Å². The predicted molar refractivity (Wildman–Crippen MR) is 97.9 cm³/mol. The third-order valence-electron chi connectivity index (χ3n) is 3.57. The van der Waals surface area contributed by atoms with Crippen molar-refractivity contribution in [3.8, 4) is 6.07 Å². The lowest BCUT2D eigenvalue weighted by molar-refractivity contribution is -0.112. The number of halogens is 1. The molecule has 1 amide bonds. The fourth-order valence-corrected chi connectivity index (χ4v) is 2.43. The van der Waals surface area contributed by atoms with Crippen LogP contribution in [-0.4, -0.2) is 15.9 Å². The Labute approximate surface area is 149 Å². The molecule has 3 aromatic rings. The van der Waals surface area contributed by atoms with Crippen LogP contribution >= 0.6 is 11.6 Å². The fraction of sp³-hybridized carbons (Fsp3) is 0.0526. The number of amides is 1. The number of hydrogen-bond donors (Lipinski definition) is 1. The van der Waals surface area contributed by atoms with Crippen molar-refractivity contribution >= 4 is 40.3 Å². The summed E-state index contributed by atoms with van der Waals surface area (Å²) in [5.74, 6) is -0.525. The van der Waals surface area contributed by atoms with Gasteiger partial charge in [0.05, 0.1) is 22.9 Å². The second-order valence-electron chi connectivity index (χ2n) is 5.37. The molecular weight excluding hydrogens is 336 g/mol. The number of rotatable bonds is 3. The van der Waals surface area contributed by atoms with Gasteiger partial charge in [-0.2, -0.15) is 5.26 Å². The highest BCUT2D eigenvalue weighted by molar-refractivity contribution is 6.31. The quantitative estimate of drug-likeness (QED) is 0.570. The SMILES string of the molecule is Cc1ccc(Cl)cc1NC(=O)/C(C#N)=C/c1cnc2ccccc2n1. The van der Waals surface area contributed by atoms with Gasteiger partial charge < -0.3 is 5.32 Å². The van der Waals surface area contributed by atoms with Gasteiger partial charge in [-0.05, 0) is 42.8 Å². The van der Waals surface area contributed by atoms with Gasteiger partial charge in [0.2, 0.25) is 0 Å². The van der Waals surface area contributed by atoms with Gasteiger partial charge in [0.25, 0.3) is 5.91 Å². The molecule has 0 unspecified atom stereocenters. The highest BCUT2D eigenvalue weighted by atomic mass is 35.5. The van der Waals surface area contributed by atoms with E-state index >= 15 is 0 Å². The summed E-state index contributed by atoms with van der Waals surface area (Å²) < 4.78 is 0. The van der Waals surface area contributed by atoms with E-state index in [1.807, 2.05) is 37.3 Å². The third-order valence-corrected chi connectivity index (χ3v) is 3.81. The minimum absolute atomic E-state index is 0.0658. The molecule has 0 aliphatic heterocycles. The Kier molecular flexibility index (Phi) is 4.73. The zero-order chi connectivity index (χ0) is 17.8. The summed E-state index contributed by atoms with van der Waals surface area (Å²) in [4.78, 5) is 21.0. The molecule has 0 fully saturated rings. The van der Waals surface area contributed by atoms with E-state index in [2.05, 4.69) is 15.3 Å². The van der Waals surface area contributed by atoms with Gasteiger partial charge in [0.15, 0.2) is 0 Å². The number of aromatic nitrogens is 2. The zero-order valence-electron chi connectivity index (χ0n) is 13.3. The zero-order valence-corrected chi connectivity index (χ0v) is 14.1. The van der Waals surface area contributed by atoms with E-state index in [-0.39, 0.29) is 5.57 Å². The standard InChI is InChI=1S/C19H13ClN4O/c1-12-6-7-14(20)9-18(12)24-19(25)13(10-21)8-15-11-22-16-4-2-3-5-17(16)23-15/h2-9,11H,1H3,(H,24,25)/b13-8+. The Morgan fingerprint density at radius 2 is 2.00 bits per heavy atom. The maximum atomic E-state index is 12.4. The average molecular weight is 349 g/mol. The Hall–Kier alpha value is -3.23. The summed E-state index contributed by atoms with van der Waals surface area (Å²) in [5, 5.41) is 12.5. The second kappa shape index (κ2) is 7.12. The maximum absolute atomic E-state index is 12.4. The van der Waals surface area contributed by atoms with Crippen molar-refractivity contribution in [3.05, 3.63) is 70.5 Å². The largest absolute Gasteiger partial charge is 0.321 e. The summed E-state index contributed by atoms with van der Waals surface area (Å²) in [6, 6.07) is 14.5. The predicted octanol–water partition coefficient (Wildman–Crippen LogP) is 4.14. The Bertz CT molecular complexity index is 1040. The Morgan fingerprint density at radius 3 is 2.76 bits per heavy atom. The molecule has 0 atom stereocenters. The molecule has 0 aliphatic carbocycles. The molecule has 0 aliphatic rings. The van der Waals surface area contributed by atoms with E-state index in [0.717, 1.165) is 11.1 Å². The summed E-state index contributed by atoms with van der Waals surface area (Å²) in [7, 11) is 0. The Morgan fingerprint density at radius 1 is 1.24 bits per heavy atom. The van der Waals surface area contributed by atoms with Crippen LogP contribution in [0.15, 0.2) is 54.2 Å². The number of nitriles is 1. The normalized spacial score (nSPS) is 11.2. The number of carbonyl (C=O) groups is 1. The number of fused-ring (bicyclic) bond motifs is 1. The molecule has 6 heteroatoms. The number of hydrogen-bond acceptors (Lipinski definition) is 4. The van der Waals surface area contributed by atoms with Crippen molar-refractivity contribution in [3.63, 3.8) is 0 Å². The lowest BCUT2D eigenvalue weighted by atomic mass is 10.1. The highest BCUT2D eigenvalue weighted by Gasteiger charge is 2.12. The van der Waals surface area contributed by atoms with Crippen molar-refractivity contribution < 1.29 is 4.79 Å². The molecule has 3 rings (SSSR count). The molecule has 0 spiro atoms. The molecule has 2 aromatic carbocycles. The fourth-order valence-electron chi connectivity index (χ4n) is 2.26. The molecule has 1 N–H and O–H groups in total. The van der Waals surface area contributed by atoms with Gasteiger partial charge in [0, 0.05) is 10.7 Å². The first-order valence-corrected chi connectivity index (χ1v) is 7.86. The molecule has 1 aromatic heterocycles. The van der Waals surface area contributed by atoms with E-state index in [9.17, 15) is 10.1 Å². The van der Waals surface area contributed by atoms with Crippen LogP contribution in [0.4, 0.5) is 5.69 Å². The first kappa shape index (κ1) is 16.6. The molecule has 0 saturated carbocycles. The van der Waals surface area contributed by atoms with E-state index in [4.69, 9.17) is 11.6 Å². The van der Waals surface area contributed by atoms with Crippen LogP contribution < -0.4 is 5.32 Å². The average Bonchev–Trinajstić information content (AvgIpc) is 2.62. The van der Waals surface area contributed by atoms with Gasteiger partial charge in [-0.3, -0.25) is 9.78 Å². The topological polar surface area (TPSA) is 78.7 Å². The molecule has 0 saturated heterocycles. The molecule has 25 heavy (non-hydrogen) atoms. The number of anilines is 1. The van der Waals surface area contributed by atoms with Crippen molar-refractivity contribution in [1.82, 2.24) is 9.97 Å². The molecule has 5 nitrogen and oxygen atoms in total. The molecule has 0 radical (unpaired) electrons. The summed E-state index contributed by atoms with van der Waals surface area (Å²) in [6.45, 7) is 1.84. The monoisotopic (exact) mass is 348 g/mol. The number of nitrogens with zero attached hydrogens (tertiary/aromatic N) is 3. The van der Waals surface area contributed by atoms with E-state index in [0.29, 0.717) is 21.9 Å². The number of nitrogens with one attached hydrogen (secondary N) is 1. The van der Waals surface area contributed by atoms with Crippen LogP contribution in [0.25, 0.3) is 17.1 Å². The number of carbonyl (C=O) groups excluding carboxylic acids is 1. The van der Waals surface area contributed by atoms with Gasteiger partial charge in [-0.15, -0.1) is 0 Å². The third kappa shape index (κ3) is 3.82. The van der Waals surface area contributed by atoms with Crippen molar-refractivity contribution in [2.24, 2.45) is 0 Å². The summed E-state index contributed by atoms with van der Waals surface area (Å²) >= 11 is 5.95. The molecular formula is C19H13ClN4O. The van der Waals surface area contributed by atoms with Crippen molar-refractivity contribution in [2.75, 3.05) is 5.32 Å². The smallest absolute Gasteiger partial charge is 0.266 e. The lowest BCUT2D eigenvalue weighted by Crippen LogP contribution is -2.14. The first-order chi connectivity index (χ1) is 12.1. The van der Waals surface area contributed by atoms with Crippen LogP contribution in [0.5, 0.6) is 0 Å². The van der Waals surface area contributed by atoms with Crippen molar-refractivity contribution in [2.45, 2.75) is 6.92 Å². The number of para-hydroxylation sites is 2. The first-order valence-electron chi connectivity index (χ1n) is 7.48. The van der Waals surface area contributed by atoms with Gasteiger partial charge in [-0.1, -0.05) is 29.8 Å². The Balaban J connectivity index is 1.89.